The minimum absolute atomic E-state index is 0.0663. The van der Waals surface area contributed by atoms with Gasteiger partial charge in [0.25, 0.3) is 5.91 Å². The molecule has 12 heteroatoms. The Morgan fingerprint density at radius 2 is 1.89 bits per heavy atom. The number of hydrogen-bond donors (Lipinski definition) is 4. The molecule has 0 atom stereocenters. The van der Waals surface area contributed by atoms with E-state index < -0.39 is 5.91 Å². The number of aromatic hydroxyl groups is 2. The van der Waals surface area contributed by atoms with Crippen molar-refractivity contribution in [2.45, 2.75) is 25.4 Å². The first-order chi connectivity index (χ1) is 18.4. The first-order valence-electron chi connectivity index (χ1n) is 12.3. The molecule has 0 bridgehead atoms. The highest BCUT2D eigenvalue weighted by molar-refractivity contribution is 5.96. The van der Waals surface area contributed by atoms with Gasteiger partial charge in [-0.3, -0.25) is 9.36 Å². The maximum atomic E-state index is 13.0. The van der Waals surface area contributed by atoms with Crippen molar-refractivity contribution in [1.82, 2.24) is 34.4 Å². The van der Waals surface area contributed by atoms with Crippen molar-refractivity contribution in [2.75, 3.05) is 18.0 Å². The molecule has 4 heterocycles. The van der Waals surface area contributed by atoms with Crippen LogP contribution in [0.4, 0.5) is 5.82 Å². The zero-order chi connectivity index (χ0) is 26.4. The Balaban J connectivity index is 1.21. The molecule has 1 saturated heterocycles. The molecular formula is C26H26N8O4. The molecule has 0 saturated carbocycles. The number of hydrogen-bond acceptors (Lipinski definition) is 8. The van der Waals surface area contributed by atoms with Crippen LogP contribution in [-0.2, 0) is 13.6 Å². The lowest BCUT2D eigenvalue weighted by molar-refractivity contribution is 0.0938. The number of rotatable bonds is 5. The largest absolute Gasteiger partial charge is 0.504 e. The predicted molar refractivity (Wildman–Crippen MR) is 140 cm³/mol. The van der Waals surface area contributed by atoms with Crippen LogP contribution in [0.1, 0.15) is 35.1 Å². The van der Waals surface area contributed by atoms with Crippen LogP contribution >= 0.6 is 0 Å². The maximum absolute atomic E-state index is 13.0. The molecule has 194 valence electrons. The number of piperidine rings is 1. The molecule has 12 nitrogen and oxygen atoms in total. The minimum Gasteiger partial charge on any atom is -0.504 e. The number of phenols is 2. The molecule has 0 spiro atoms. The van der Waals surface area contributed by atoms with Crippen molar-refractivity contribution >= 4 is 33.9 Å². The smallest absolute Gasteiger partial charge is 0.326 e. The zero-order valence-electron chi connectivity index (χ0n) is 20.6. The molecule has 0 radical (unpaired) electrons. The molecule has 4 N–H and O–H groups in total. The third-order valence-electron chi connectivity index (χ3n) is 7.09. The summed E-state index contributed by atoms with van der Waals surface area (Å²) in [5, 5.41) is 22.0. The normalized spacial score (nSPS) is 14.4. The van der Waals surface area contributed by atoms with E-state index in [1.165, 1.54) is 18.5 Å². The first-order valence-corrected chi connectivity index (χ1v) is 12.3. The molecule has 1 fully saturated rings. The number of aromatic nitrogens is 6. The number of para-hydroxylation sites is 2. The topological polar surface area (TPSA) is 154 Å². The number of anilines is 1. The number of H-pyrrole nitrogens is 1. The summed E-state index contributed by atoms with van der Waals surface area (Å²) in [6.45, 7) is 1.49. The Bertz CT molecular complexity index is 1730. The van der Waals surface area contributed by atoms with Gasteiger partial charge in [0.05, 0.1) is 11.0 Å². The molecule has 2 aromatic carbocycles. The van der Waals surface area contributed by atoms with Gasteiger partial charge in [0.1, 0.15) is 6.33 Å². The fraction of sp³-hybridized carbons (Fsp3) is 0.269. The fourth-order valence-electron chi connectivity index (χ4n) is 5.13. The quantitative estimate of drug-likeness (QED) is 0.260. The lowest BCUT2D eigenvalue weighted by atomic mass is 10.0. The Morgan fingerprint density at radius 1 is 1.11 bits per heavy atom. The number of carbonyl (C=O) groups excluding carboxylic acids is 1. The molecule has 5 aromatic rings. The van der Waals surface area contributed by atoms with Crippen molar-refractivity contribution in [3.63, 3.8) is 0 Å². The Labute approximate surface area is 216 Å². The SMILES string of the molecule is Cn1c(C(=O)NCc2ccc(O)c(O)c2)nc2c(N3CCC(n4c(=O)[nH]c5ccccc54)CC3)ncnc21. The van der Waals surface area contributed by atoms with Gasteiger partial charge in [0.15, 0.2) is 28.5 Å². The van der Waals surface area contributed by atoms with E-state index >= 15 is 0 Å². The van der Waals surface area contributed by atoms with E-state index in [1.54, 1.807) is 17.7 Å². The monoisotopic (exact) mass is 514 g/mol. The second kappa shape index (κ2) is 9.21. The molecule has 1 aliphatic rings. The summed E-state index contributed by atoms with van der Waals surface area (Å²) in [5.74, 6) is -0.0407. The summed E-state index contributed by atoms with van der Waals surface area (Å²) in [7, 11) is 1.73. The van der Waals surface area contributed by atoms with Gasteiger partial charge in [-0.2, -0.15) is 0 Å². The van der Waals surface area contributed by atoms with Crippen molar-refractivity contribution < 1.29 is 15.0 Å². The van der Waals surface area contributed by atoms with Crippen LogP contribution in [0.25, 0.3) is 22.2 Å². The number of aryl methyl sites for hydroxylation is 1. The Hall–Kier alpha value is -4.87. The second-order valence-corrected chi connectivity index (χ2v) is 9.41. The van der Waals surface area contributed by atoms with Gasteiger partial charge in [-0.15, -0.1) is 0 Å². The number of carbonyl (C=O) groups is 1. The molecule has 38 heavy (non-hydrogen) atoms. The van der Waals surface area contributed by atoms with E-state index in [4.69, 9.17) is 0 Å². The fourth-order valence-corrected chi connectivity index (χ4v) is 5.13. The van der Waals surface area contributed by atoms with Gasteiger partial charge >= 0.3 is 5.69 Å². The predicted octanol–water partition coefficient (Wildman–Crippen LogP) is 2.19. The average Bonchev–Trinajstić information content (AvgIpc) is 3.45. The van der Waals surface area contributed by atoms with E-state index in [1.807, 2.05) is 28.8 Å². The van der Waals surface area contributed by atoms with Gasteiger partial charge in [-0.05, 0) is 42.7 Å². The number of fused-ring (bicyclic) bond motifs is 2. The highest BCUT2D eigenvalue weighted by Gasteiger charge is 2.27. The van der Waals surface area contributed by atoms with Gasteiger partial charge < -0.3 is 30.0 Å². The van der Waals surface area contributed by atoms with Crippen LogP contribution in [-0.4, -0.2) is 58.3 Å². The number of imidazole rings is 2. The van der Waals surface area contributed by atoms with Crippen LogP contribution in [0.15, 0.2) is 53.6 Å². The highest BCUT2D eigenvalue weighted by atomic mass is 16.3. The average molecular weight is 515 g/mol. The summed E-state index contributed by atoms with van der Waals surface area (Å²) < 4.78 is 3.47. The Morgan fingerprint density at radius 3 is 2.68 bits per heavy atom. The standard InChI is InChI=1S/C26H26N8O4/c1-32-22-21(31-24(32)25(37)27-13-15-6-7-19(35)20(36)12-15)23(29-14-28-22)33-10-8-16(9-11-33)34-18-5-3-2-4-17(18)30-26(34)38/h2-7,12,14,16,35-36H,8-11,13H2,1H3,(H,27,37)(H,30,38). The number of phenolic OH excluding ortho intramolecular Hbond substituents is 2. The van der Waals surface area contributed by atoms with Gasteiger partial charge in [0, 0.05) is 32.7 Å². The number of aromatic amines is 1. The van der Waals surface area contributed by atoms with Crippen LogP contribution < -0.4 is 15.9 Å². The minimum atomic E-state index is -0.401. The molecule has 0 aliphatic carbocycles. The maximum Gasteiger partial charge on any atom is 0.326 e. The Kier molecular flexibility index (Phi) is 5.70. The summed E-state index contributed by atoms with van der Waals surface area (Å²) in [4.78, 5) is 44.1. The number of benzene rings is 2. The van der Waals surface area contributed by atoms with E-state index in [9.17, 15) is 19.8 Å². The van der Waals surface area contributed by atoms with Crippen molar-refractivity contribution in [2.24, 2.45) is 7.05 Å². The van der Waals surface area contributed by atoms with Crippen molar-refractivity contribution in [1.29, 1.82) is 0 Å². The summed E-state index contributed by atoms with van der Waals surface area (Å²) in [5.41, 5.74) is 3.34. The van der Waals surface area contributed by atoms with Gasteiger partial charge in [-0.25, -0.2) is 19.7 Å². The summed E-state index contributed by atoms with van der Waals surface area (Å²) in [6.07, 6.45) is 2.98. The first kappa shape index (κ1) is 23.5. The van der Waals surface area contributed by atoms with Gasteiger partial charge in [0.2, 0.25) is 5.82 Å². The van der Waals surface area contributed by atoms with E-state index in [0.29, 0.717) is 35.6 Å². The molecule has 3 aromatic heterocycles. The molecular weight excluding hydrogens is 488 g/mol. The second-order valence-electron chi connectivity index (χ2n) is 9.41. The third kappa shape index (κ3) is 3.99. The van der Waals surface area contributed by atoms with Crippen molar-refractivity contribution in [3.05, 3.63) is 70.7 Å². The number of amides is 1. The number of nitrogens with zero attached hydrogens (tertiary/aromatic N) is 6. The lowest BCUT2D eigenvalue weighted by Gasteiger charge is -2.33. The van der Waals surface area contributed by atoms with Crippen molar-refractivity contribution in [3.8, 4) is 11.5 Å². The molecule has 0 unspecified atom stereocenters. The molecule has 1 aliphatic heterocycles. The summed E-state index contributed by atoms with van der Waals surface area (Å²) in [6, 6.07) is 12.1. The molecule has 6 rings (SSSR count). The lowest BCUT2D eigenvalue weighted by Crippen LogP contribution is -2.37. The van der Waals surface area contributed by atoms with E-state index in [0.717, 1.165) is 23.9 Å². The highest BCUT2D eigenvalue weighted by Crippen LogP contribution is 2.30. The van der Waals surface area contributed by atoms with E-state index in [-0.39, 0.29) is 35.6 Å². The van der Waals surface area contributed by atoms with E-state index in [2.05, 4.69) is 30.2 Å². The summed E-state index contributed by atoms with van der Waals surface area (Å²) >= 11 is 0. The van der Waals surface area contributed by atoms with Crippen LogP contribution in [0.5, 0.6) is 11.5 Å². The van der Waals surface area contributed by atoms with Crippen LogP contribution in [0.2, 0.25) is 0 Å². The third-order valence-corrected chi connectivity index (χ3v) is 7.09. The molecule has 1 amide bonds. The van der Waals surface area contributed by atoms with Gasteiger partial charge in [-0.1, -0.05) is 18.2 Å². The van der Waals surface area contributed by atoms with Crippen LogP contribution in [0, 0.1) is 0 Å². The number of nitrogens with one attached hydrogen (secondary N) is 2. The zero-order valence-corrected chi connectivity index (χ0v) is 20.6. The van der Waals surface area contributed by atoms with Crippen LogP contribution in [0.3, 0.4) is 0 Å².